The molecular formula is C69H88N4O12. The highest BCUT2D eigenvalue weighted by molar-refractivity contribution is 5.63. The largest absolute Gasteiger partial charge is 0.494 e. The molecule has 4 saturated heterocycles. The van der Waals surface area contributed by atoms with Gasteiger partial charge in [0.1, 0.15) is 42.5 Å². The van der Waals surface area contributed by atoms with E-state index in [1.54, 1.807) is 0 Å². The number of aliphatic hydroxyl groups excluding tert-OH is 2. The molecule has 2 aromatic heterocycles. The molecule has 12 aliphatic rings. The molecule has 0 bridgehead atoms. The van der Waals surface area contributed by atoms with E-state index in [1.165, 1.54) is 22.3 Å². The second-order valence-corrected chi connectivity index (χ2v) is 28.5. The third kappa shape index (κ3) is 8.00. The summed E-state index contributed by atoms with van der Waals surface area (Å²) in [6.07, 6.45) is 22.4. The molecule has 4 aromatic rings. The number of benzene rings is 2. The van der Waals surface area contributed by atoms with Crippen LogP contribution in [0.5, 0.6) is 11.5 Å². The minimum absolute atomic E-state index is 0.129. The summed E-state index contributed by atoms with van der Waals surface area (Å²) in [7, 11) is 0. The summed E-state index contributed by atoms with van der Waals surface area (Å²) in [6.45, 7) is 21.3. The predicted octanol–water partition coefficient (Wildman–Crippen LogP) is 11.2. The number of aromatic nitrogens is 4. The molecule has 2 aromatic carbocycles. The second-order valence-electron chi connectivity index (χ2n) is 28.5. The Kier molecular flexibility index (Phi) is 13.6. The van der Waals surface area contributed by atoms with E-state index in [9.17, 15) is 10.2 Å². The molecule has 6 saturated carbocycles. The monoisotopic (exact) mass is 1160 g/mol. The molecule has 8 aliphatic carbocycles. The Morgan fingerprint density at radius 3 is 1.71 bits per heavy atom. The van der Waals surface area contributed by atoms with Crippen LogP contribution < -0.4 is 9.47 Å². The van der Waals surface area contributed by atoms with Gasteiger partial charge in [-0.1, -0.05) is 71.8 Å². The van der Waals surface area contributed by atoms with E-state index in [4.69, 9.17) is 57.6 Å². The number of fused-ring (bicyclic) bond motifs is 16. The minimum atomic E-state index is -0.872. The van der Waals surface area contributed by atoms with Gasteiger partial charge in [-0.25, -0.2) is 9.36 Å². The van der Waals surface area contributed by atoms with E-state index in [2.05, 4.69) is 108 Å². The van der Waals surface area contributed by atoms with Gasteiger partial charge in [0.25, 0.3) is 0 Å². The smallest absolute Gasteiger partial charge is 0.226 e. The van der Waals surface area contributed by atoms with Crippen molar-refractivity contribution in [2.45, 2.75) is 161 Å². The van der Waals surface area contributed by atoms with E-state index in [-0.39, 0.29) is 60.7 Å². The average molecular weight is 1170 g/mol. The lowest BCUT2D eigenvalue weighted by atomic mass is 9.43. The number of allylic oxidation sites excluding steroid dienone is 3. The third-order valence-corrected chi connectivity index (χ3v) is 24.7. The number of nitrogens with zero attached hydrogens (tertiary/aromatic N) is 4. The summed E-state index contributed by atoms with van der Waals surface area (Å²) in [4.78, 5) is 0. The van der Waals surface area contributed by atoms with Crippen molar-refractivity contribution >= 4 is 12.2 Å². The van der Waals surface area contributed by atoms with Gasteiger partial charge in [0.15, 0.2) is 27.2 Å². The number of aliphatic hydroxyl groups is 2. The van der Waals surface area contributed by atoms with Gasteiger partial charge < -0.3 is 57.6 Å². The Hall–Kier alpha value is -4.72. The Morgan fingerprint density at radius 1 is 0.635 bits per heavy atom. The molecule has 0 radical (unpaired) electrons. The Morgan fingerprint density at radius 2 is 1.16 bits per heavy atom. The summed E-state index contributed by atoms with van der Waals surface area (Å²) in [5.74, 6) is 2.78. The van der Waals surface area contributed by atoms with Crippen LogP contribution in [0.3, 0.4) is 0 Å². The molecule has 2 unspecified atom stereocenters. The molecule has 16 nitrogen and oxygen atoms in total. The van der Waals surface area contributed by atoms with Gasteiger partial charge in [0.2, 0.25) is 11.6 Å². The van der Waals surface area contributed by atoms with Gasteiger partial charge in [-0.2, -0.15) is 10.2 Å². The SMILES string of the molecule is CC/C=C\COc1ccc(-n2ncc3c2C=C2[C@@H](C)C[C@@H]4[C@H]([C@@H](O)C[C@@]5(C)[C@H]4CC[C@@]54OCOC45COCO5)[C@@]2(C)C3)cc1.CCOc1ccc(-n2cc3c(n2)C=C2[C@@H](C)C[C@@H]4[C@H]([C@@H](O)C[C@@]5(C)[C@H]4CC[C@@]54OCOC45COCO5)[C@@]2(C)C3)cc1. The molecule has 4 aliphatic heterocycles. The van der Waals surface area contributed by atoms with Crippen molar-refractivity contribution in [1.29, 1.82) is 0 Å². The van der Waals surface area contributed by atoms with Crippen molar-refractivity contribution in [2.24, 2.45) is 69.0 Å². The normalized spacial score (nSPS) is 43.4. The zero-order valence-corrected chi connectivity index (χ0v) is 51.1. The van der Waals surface area contributed by atoms with Crippen molar-refractivity contribution in [3.8, 4) is 22.9 Å². The summed E-state index contributed by atoms with van der Waals surface area (Å²) in [5.41, 5.74) is 7.71. The average Bonchev–Trinajstić information content (AvgIpc) is 1.62. The summed E-state index contributed by atoms with van der Waals surface area (Å²) in [5, 5.41) is 34.2. The highest BCUT2D eigenvalue weighted by Crippen LogP contribution is 2.74. The van der Waals surface area contributed by atoms with E-state index in [0.717, 1.165) is 92.0 Å². The first-order chi connectivity index (χ1) is 41.0. The maximum Gasteiger partial charge on any atom is 0.226 e. The Balaban J connectivity index is 0.000000144. The van der Waals surface area contributed by atoms with Crippen LogP contribution in [-0.4, -0.2) is 118 Å². The molecule has 456 valence electrons. The summed E-state index contributed by atoms with van der Waals surface area (Å²) in [6, 6.07) is 16.3. The lowest BCUT2D eigenvalue weighted by molar-refractivity contribution is -0.258. The van der Waals surface area contributed by atoms with E-state index in [0.29, 0.717) is 74.8 Å². The van der Waals surface area contributed by atoms with Crippen molar-refractivity contribution in [3.05, 3.63) is 107 Å². The lowest BCUT2D eigenvalue weighted by Gasteiger charge is -2.62. The van der Waals surface area contributed by atoms with E-state index < -0.39 is 35.0 Å². The van der Waals surface area contributed by atoms with Gasteiger partial charge >= 0.3 is 0 Å². The summed E-state index contributed by atoms with van der Waals surface area (Å²) < 4.78 is 64.8. The van der Waals surface area contributed by atoms with Gasteiger partial charge in [-0.05, 0) is 208 Å². The zero-order chi connectivity index (χ0) is 58.5. The molecule has 2 N–H and O–H groups in total. The van der Waals surface area contributed by atoms with Crippen LogP contribution in [0, 0.1) is 69.0 Å². The minimum Gasteiger partial charge on any atom is -0.494 e. The molecule has 18 atom stereocenters. The topological polar surface area (TPSA) is 168 Å². The van der Waals surface area contributed by atoms with E-state index >= 15 is 0 Å². The number of hydrogen-bond acceptors (Lipinski definition) is 14. The van der Waals surface area contributed by atoms with Crippen molar-refractivity contribution < 1.29 is 57.6 Å². The number of ether oxygens (including phenoxy) is 10. The fourth-order valence-electron chi connectivity index (χ4n) is 21.5. The van der Waals surface area contributed by atoms with Crippen LogP contribution in [0.15, 0.2) is 84.2 Å². The predicted molar refractivity (Wildman–Crippen MR) is 316 cm³/mol. The van der Waals surface area contributed by atoms with Crippen LogP contribution >= 0.6 is 0 Å². The van der Waals surface area contributed by atoms with Crippen LogP contribution in [0.2, 0.25) is 0 Å². The lowest BCUT2D eigenvalue weighted by Crippen LogP contribution is -2.66. The third-order valence-electron chi connectivity index (χ3n) is 24.7. The van der Waals surface area contributed by atoms with Crippen LogP contribution in [0.25, 0.3) is 23.5 Å². The molecule has 0 amide bonds. The van der Waals surface area contributed by atoms with Crippen molar-refractivity contribution in [2.75, 3.05) is 53.6 Å². The van der Waals surface area contributed by atoms with Crippen LogP contribution in [-0.2, 0) is 50.7 Å². The van der Waals surface area contributed by atoms with E-state index in [1.807, 2.05) is 42.1 Å². The highest BCUT2D eigenvalue weighted by atomic mass is 16.9. The second kappa shape index (κ2) is 20.4. The molecule has 4 spiro atoms. The number of hydrogen-bond donors (Lipinski definition) is 2. The molecule has 85 heavy (non-hydrogen) atoms. The summed E-state index contributed by atoms with van der Waals surface area (Å²) >= 11 is 0. The maximum atomic E-state index is 12.2. The fraction of sp³-hybridized carbons (Fsp3) is 0.652. The van der Waals surface area contributed by atoms with Gasteiger partial charge in [-0.15, -0.1) is 0 Å². The first-order valence-corrected chi connectivity index (χ1v) is 32.1. The number of rotatable bonds is 8. The standard InChI is InChI=1S/C36H46N2O6.C33H42N2O6/c1-5-6-7-14-41-26-10-8-25(9-11-26)38-30-16-29-23(2)15-27-28-12-13-35(36(44-22-42-35)20-40-21-43-36)34(28,4)18-31(39)32(27)33(29,3)17-24(30)19-37-38;1-5-38-23-8-6-22(7-9-23)35-16-21-14-30(3)26(13-27(21)34-35)20(2)12-24-25-10-11-32(31(25,4)15-28(36)29(24)30)33(41-19-39-32)17-37-18-40-33/h6-11,16,19,23,27-28,31-32,39H,5,12-15,17-18,20-22H2,1-4H3;6-9,13,16,20,24-25,28-29,36H,5,10-12,14-15,17-19H2,1-4H3/b7-6-;/t23-,27-,28-,31-,32+,33-,34-,35+,36?;20-,24-,25-,28-,29+,30-,31-,32+,33?/m00/s1. The van der Waals surface area contributed by atoms with Crippen molar-refractivity contribution in [1.82, 2.24) is 19.6 Å². The molecule has 16 rings (SSSR count). The zero-order valence-electron chi connectivity index (χ0n) is 51.1. The Bertz CT molecular complexity index is 3280. The van der Waals surface area contributed by atoms with Gasteiger partial charge in [0.05, 0.1) is 47.8 Å². The molecule has 16 heteroatoms. The maximum absolute atomic E-state index is 12.2. The quantitative estimate of drug-likeness (QED) is 0.160. The van der Waals surface area contributed by atoms with Crippen LogP contribution in [0.1, 0.15) is 136 Å². The molecular weight excluding hydrogens is 1080 g/mol. The highest BCUT2D eigenvalue weighted by Gasteiger charge is 2.79. The van der Waals surface area contributed by atoms with Gasteiger partial charge in [0, 0.05) is 17.0 Å². The van der Waals surface area contributed by atoms with Crippen molar-refractivity contribution in [3.63, 3.8) is 0 Å². The molecule has 6 heterocycles. The first-order valence-electron chi connectivity index (χ1n) is 32.1. The van der Waals surface area contributed by atoms with Crippen LogP contribution in [0.4, 0.5) is 0 Å². The first kappa shape index (κ1) is 56.8. The van der Waals surface area contributed by atoms with Gasteiger partial charge in [-0.3, -0.25) is 0 Å². The molecule has 10 fully saturated rings. The fourth-order valence-corrected chi connectivity index (χ4v) is 21.5. The Labute approximate surface area is 500 Å².